The van der Waals surface area contributed by atoms with Crippen LogP contribution in [0.5, 0.6) is 5.75 Å². The molecule has 1 saturated heterocycles. The summed E-state index contributed by atoms with van der Waals surface area (Å²) in [5, 5.41) is 0. The Labute approximate surface area is 198 Å². The Morgan fingerprint density at radius 1 is 1.12 bits per heavy atom. The monoisotopic (exact) mass is 458 g/mol. The van der Waals surface area contributed by atoms with E-state index in [1.165, 1.54) is 17.0 Å². The zero-order valence-corrected chi connectivity index (χ0v) is 19.3. The third-order valence-corrected chi connectivity index (χ3v) is 6.46. The van der Waals surface area contributed by atoms with Crippen LogP contribution in [-0.2, 0) is 0 Å². The van der Waals surface area contributed by atoms with Crippen LogP contribution in [0.1, 0.15) is 24.6 Å². The molecule has 1 aliphatic heterocycles. The van der Waals surface area contributed by atoms with Crippen molar-refractivity contribution in [2.45, 2.75) is 18.8 Å². The van der Waals surface area contributed by atoms with E-state index < -0.39 is 0 Å². The lowest BCUT2D eigenvalue weighted by atomic mass is 9.97. The predicted octanol–water partition coefficient (Wildman–Crippen LogP) is 5.58. The Balaban J connectivity index is 1.45. The van der Waals surface area contributed by atoms with E-state index in [0.29, 0.717) is 18.8 Å². The summed E-state index contributed by atoms with van der Waals surface area (Å²) in [7, 11) is 3.34. The quantitative estimate of drug-likeness (QED) is 0.401. The van der Waals surface area contributed by atoms with Crippen molar-refractivity contribution in [3.63, 3.8) is 0 Å². The minimum absolute atomic E-state index is 0.0906. The number of fused-ring (bicyclic) bond motifs is 1. The number of pyridine rings is 1. The van der Waals surface area contributed by atoms with E-state index in [9.17, 15) is 9.18 Å². The lowest BCUT2D eigenvalue weighted by molar-refractivity contribution is 0.186. The van der Waals surface area contributed by atoms with Gasteiger partial charge in [0.05, 0.1) is 18.3 Å². The van der Waals surface area contributed by atoms with E-state index in [1.807, 2.05) is 47.5 Å². The van der Waals surface area contributed by atoms with Crippen LogP contribution in [0, 0.1) is 5.82 Å². The molecule has 5 rings (SSSR count). The van der Waals surface area contributed by atoms with E-state index in [0.717, 1.165) is 41.2 Å². The number of aromatic nitrogens is 2. The molecule has 34 heavy (non-hydrogen) atoms. The maximum atomic E-state index is 13.7. The Kier molecular flexibility index (Phi) is 5.92. The van der Waals surface area contributed by atoms with Gasteiger partial charge < -0.3 is 14.0 Å². The van der Waals surface area contributed by atoms with Gasteiger partial charge in [-0.15, -0.1) is 0 Å². The molecule has 3 heterocycles. The molecular weight excluding hydrogens is 431 g/mol. The van der Waals surface area contributed by atoms with Crippen molar-refractivity contribution in [3.05, 3.63) is 84.6 Å². The maximum Gasteiger partial charge on any atom is 0.324 e. The molecule has 6 nitrogen and oxygen atoms in total. The number of urea groups is 1. The van der Waals surface area contributed by atoms with Crippen molar-refractivity contribution in [1.29, 1.82) is 0 Å². The topological polar surface area (TPSA) is 50.1 Å². The van der Waals surface area contributed by atoms with Gasteiger partial charge in [-0.3, -0.25) is 4.90 Å². The normalized spacial score (nSPS) is 16.0. The first-order chi connectivity index (χ1) is 16.5. The molecule has 0 aliphatic carbocycles. The number of benzene rings is 2. The average molecular weight is 459 g/mol. The summed E-state index contributed by atoms with van der Waals surface area (Å²) in [5.74, 6) is 1.46. The zero-order valence-electron chi connectivity index (χ0n) is 19.3. The van der Waals surface area contributed by atoms with Crippen LogP contribution in [0.3, 0.4) is 0 Å². The summed E-state index contributed by atoms with van der Waals surface area (Å²) >= 11 is 0. The number of rotatable bonds is 4. The van der Waals surface area contributed by atoms with E-state index in [2.05, 4.69) is 10.5 Å². The highest BCUT2D eigenvalue weighted by Gasteiger charge is 2.30. The van der Waals surface area contributed by atoms with Gasteiger partial charge in [-0.05, 0) is 55.3 Å². The summed E-state index contributed by atoms with van der Waals surface area (Å²) in [6.45, 7) is 1.23. The minimum Gasteiger partial charge on any atom is -0.497 e. The minimum atomic E-state index is -0.359. The number of imidazole rings is 1. The molecule has 1 fully saturated rings. The molecule has 1 aliphatic rings. The van der Waals surface area contributed by atoms with Crippen LogP contribution in [-0.4, -0.2) is 47.6 Å². The maximum absolute atomic E-state index is 13.7. The third-order valence-electron chi connectivity index (χ3n) is 6.46. The van der Waals surface area contributed by atoms with Crippen LogP contribution >= 0.6 is 0 Å². The standard InChI is InChI=1S/C27H27FN4O2/c1-30(22-11-6-10-21(28)17-22)27(33)31-14-7-9-20(18-31)26-29-25(24-13-3-4-15-32(24)26)19-8-5-12-23(16-19)34-2/h3-6,8,10-13,15-17,20H,7,9,14,18H2,1-2H3. The van der Waals surface area contributed by atoms with Gasteiger partial charge in [-0.25, -0.2) is 14.2 Å². The van der Waals surface area contributed by atoms with Gasteiger partial charge in [0.25, 0.3) is 0 Å². The summed E-state index contributed by atoms with van der Waals surface area (Å²) in [5.41, 5.74) is 3.45. The second-order valence-electron chi connectivity index (χ2n) is 8.61. The highest BCUT2D eigenvalue weighted by molar-refractivity contribution is 5.91. The van der Waals surface area contributed by atoms with Crippen molar-refractivity contribution in [2.75, 3.05) is 32.1 Å². The van der Waals surface area contributed by atoms with Gasteiger partial charge in [-0.2, -0.15) is 0 Å². The van der Waals surface area contributed by atoms with Crippen molar-refractivity contribution >= 4 is 17.2 Å². The second-order valence-corrected chi connectivity index (χ2v) is 8.61. The zero-order chi connectivity index (χ0) is 23.7. The third kappa shape index (κ3) is 4.09. The number of carbonyl (C=O) groups excluding carboxylic acids is 1. The number of likely N-dealkylation sites (tertiary alicyclic amines) is 1. The molecule has 0 N–H and O–H groups in total. The molecule has 0 radical (unpaired) electrons. The van der Waals surface area contributed by atoms with Crippen molar-refractivity contribution in [3.8, 4) is 17.0 Å². The van der Waals surface area contributed by atoms with Gasteiger partial charge in [0.15, 0.2) is 0 Å². The number of amides is 2. The van der Waals surface area contributed by atoms with E-state index in [-0.39, 0.29) is 17.8 Å². The number of carbonyl (C=O) groups is 1. The molecular formula is C27H27FN4O2. The molecule has 0 saturated carbocycles. The average Bonchev–Trinajstić information content (AvgIpc) is 3.28. The van der Waals surface area contributed by atoms with E-state index >= 15 is 0 Å². The number of halogens is 1. The lowest BCUT2D eigenvalue weighted by Crippen LogP contribution is -2.46. The highest BCUT2D eigenvalue weighted by atomic mass is 19.1. The van der Waals surface area contributed by atoms with Gasteiger partial charge >= 0.3 is 6.03 Å². The van der Waals surface area contributed by atoms with Crippen LogP contribution in [0.25, 0.3) is 16.8 Å². The van der Waals surface area contributed by atoms with Gasteiger partial charge in [-0.1, -0.05) is 24.3 Å². The molecule has 0 spiro atoms. The summed E-state index contributed by atoms with van der Waals surface area (Å²) in [4.78, 5) is 21.7. The summed E-state index contributed by atoms with van der Waals surface area (Å²) < 4.78 is 21.2. The van der Waals surface area contributed by atoms with Crippen molar-refractivity contribution < 1.29 is 13.9 Å². The predicted molar refractivity (Wildman–Crippen MR) is 131 cm³/mol. The number of methoxy groups -OCH3 is 1. The number of ether oxygens (including phenoxy) is 1. The van der Waals surface area contributed by atoms with E-state index in [4.69, 9.17) is 9.72 Å². The van der Waals surface area contributed by atoms with Crippen molar-refractivity contribution in [2.24, 2.45) is 0 Å². The molecule has 2 aromatic heterocycles. The number of nitrogens with zero attached hydrogens (tertiary/aromatic N) is 4. The van der Waals surface area contributed by atoms with Crippen molar-refractivity contribution in [1.82, 2.24) is 14.3 Å². The van der Waals surface area contributed by atoms with Gasteiger partial charge in [0.2, 0.25) is 0 Å². The number of hydrogen-bond acceptors (Lipinski definition) is 3. The highest BCUT2D eigenvalue weighted by Crippen LogP contribution is 2.33. The van der Waals surface area contributed by atoms with Gasteiger partial charge in [0, 0.05) is 43.5 Å². The fourth-order valence-electron chi connectivity index (χ4n) is 4.70. The Hall–Kier alpha value is -3.87. The molecule has 2 aromatic carbocycles. The van der Waals surface area contributed by atoms with E-state index in [1.54, 1.807) is 26.3 Å². The SMILES string of the molecule is COc1cccc(-c2nc(C3CCCN(C(=O)N(C)c4cccc(F)c4)C3)n3ccccc23)c1. The summed E-state index contributed by atoms with van der Waals surface area (Å²) in [6.07, 6.45) is 3.85. The molecule has 1 unspecified atom stereocenters. The largest absolute Gasteiger partial charge is 0.497 e. The van der Waals surface area contributed by atoms with Crippen LogP contribution < -0.4 is 9.64 Å². The molecule has 4 aromatic rings. The first-order valence-corrected chi connectivity index (χ1v) is 11.4. The fourth-order valence-corrected chi connectivity index (χ4v) is 4.70. The van der Waals surface area contributed by atoms with Crippen LogP contribution in [0.2, 0.25) is 0 Å². The Morgan fingerprint density at radius 3 is 2.79 bits per heavy atom. The Bertz CT molecular complexity index is 1340. The summed E-state index contributed by atoms with van der Waals surface area (Å²) in [6, 6.07) is 20.0. The molecule has 174 valence electrons. The van der Waals surface area contributed by atoms with Crippen LogP contribution in [0.15, 0.2) is 72.9 Å². The Morgan fingerprint density at radius 2 is 1.97 bits per heavy atom. The lowest BCUT2D eigenvalue weighted by Gasteiger charge is -2.35. The number of anilines is 1. The molecule has 7 heteroatoms. The number of hydrogen-bond donors (Lipinski definition) is 0. The van der Waals surface area contributed by atoms with Gasteiger partial charge in [0.1, 0.15) is 17.4 Å². The molecule has 0 bridgehead atoms. The molecule has 2 amide bonds. The first kappa shape index (κ1) is 21.9. The smallest absolute Gasteiger partial charge is 0.324 e. The second kappa shape index (κ2) is 9.17. The number of piperidine rings is 1. The first-order valence-electron chi connectivity index (χ1n) is 11.4. The fraction of sp³-hybridized carbons (Fsp3) is 0.259. The van der Waals surface area contributed by atoms with Crippen LogP contribution in [0.4, 0.5) is 14.9 Å². The molecule has 1 atom stereocenters.